The van der Waals surface area contributed by atoms with Crippen molar-refractivity contribution in [3.05, 3.63) is 64.2 Å². The lowest BCUT2D eigenvalue weighted by atomic mass is 9.87. The van der Waals surface area contributed by atoms with E-state index in [2.05, 4.69) is 10.6 Å². The molecule has 1 saturated heterocycles. The third-order valence-electron chi connectivity index (χ3n) is 8.31. The Kier molecular flexibility index (Phi) is 14.1. The lowest BCUT2D eigenvalue weighted by molar-refractivity contribution is -0.254. The SMILES string of the molecule is [2H]CC(=O)OC[C@H]1O[C@@H](c2cc(Cc3ccc(CCCNC(=O)NC(C)(C)COC(C)=O)cc3)c(C)cc2OC(C)=O)[C@H](OC(=O)C[2H])[C@@H](OC(=O)C[2H])[C@@H]1OC(=O)C[2H]. The van der Waals surface area contributed by atoms with Gasteiger partial charge >= 0.3 is 41.8 Å². The molecular formula is C40H52N2O14. The second kappa shape index (κ2) is 20.4. The van der Waals surface area contributed by atoms with Crippen LogP contribution in [0.15, 0.2) is 36.4 Å². The van der Waals surface area contributed by atoms with E-state index < -0.39 is 112 Å². The number of urea groups is 1. The van der Waals surface area contributed by atoms with Crippen LogP contribution in [0, 0.1) is 6.92 Å². The first-order valence-corrected chi connectivity index (χ1v) is 17.6. The van der Waals surface area contributed by atoms with Crippen LogP contribution in [0.25, 0.3) is 0 Å². The molecule has 1 heterocycles. The van der Waals surface area contributed by atoms with E-state index in [0.29, 0.717) is 36.9 Å². The number of aryl methyl sites for hydroxylation is 2. The average Bonchev–Trinajstić information content (AvgIpc) is 3.20. The van der Waals surface area contributed by atoms with Crippen molar-refractivity contribution in [2.75, 3.05) is 19.8 Å². The minimum atomic E-state index is -1.74. The monoisotopic (exact) mass is 788 g/mol. The minimum absolute atomic E-state index is 0.0288. The molecule has 2 amide bonds. The van der Waals surface area contributed by atoms with Crippen LogP contribution in [0.2, 0.25) is 0 Å². The molecule has 0 spiro atoms. The highest BCUT2D eigenvalue weighted by atomic mass is 16.7. The number of rotatable bonds is 16. The normalized spacial score (nSPS) is 20.1. The number of hydrogen-bond acceptors (Lipinski definition) is 14. The van der Waals surface area contributed by atoms with Crippen LogP contribution >= 0.6 is 0 Å². The fourth-order valence-electron chi connectivity index (χ4n) is 5.94. The molecule has 306 valence electrons. The van der Waals surface area contributed by atoms with E-state index in [1.165, 1.54) is 6.92 Å². The number of hydrogen-bond donors (Lipinski definition) is 2. The van der Waals surface area contributed by atoms with E-state index in [-0.39, 0.29) is 17.9 Å². The number of esters is 6. The third kappa shape index (κ3) is 14.3. The highest BCUT2D eigenvalue weighted by molar-refractivity contribution is 5.75. The zero-order chi connectivity index (χ0) is 44.6. The number of benzene rings is 2. The van der Waals surface area contributed by atoms with Crippen LogP contribution in [-0.2, 0) is 70.0 Å². The predicted octanol–water partition coefficient (Wildman–Crippen LogP) is 3.88. The topological polar surface area (TPSA) is 208 Å². The molecule has 0 unspecified atom stereocenters. The Balaban J connectivity index is 1.96. The van der Waals surface area contributed by atoms with Crippen LogP contribution in [0.5, 0.6) is 5.75 Å². The molecule has 56 heavy (non-hydrogen) atoms. The summed E-state index contributed by atoms with van der Waals surface area (Å²) in [6, 6.07) is 10.5. The number of amides is 2. The summed E-state index contributed by atoms with van der Waals surface area (Å²) in [5.41, 5.74) is 2.58. The summed E-state index contributed by atoms with van der Waals surface area (Å²) in [7, 11) is 0. The molecular weight excluding hydrogens is 732 g/mol. The number of ether oxygens (including phenoxy) is 7. The van der Waals surface area contributed by atoms with E-state index >= 15 is 0 Å². The van der Waals surface area contributed by atoms with Crippen molar-refractivity contribution in [3.8, 4) is 5.75 Å². The quantitative estimate of drug-likeness (QED) is 0.107. The van der Waals surface area contributed by atoms with Crippen molar-refractivity contribution in [2.24, 2.45) is 0 Å². The van der Waals surface area contributed by atoms with Gasteiger partial charge in [-0.2, -0.15) is 0 Å². The van der Waals surface area contributed by atoms with Crippen molar-refractivity contribution in [1.82, 2.24) is 10.6 Å². The largest absolute Gasteiger partial charge is 0.463 e. The van der Waals surface area contributed by atoms with Crippen LogP contribution in [0.4, 0.5) is 4.79 Å². The van der Waals surface area contributed by atoms with Gasteiger partial charge in [-0.3, -0.25) is 28.8 Å². The van der Waals surface area contributed by atoms with Gasteiger partial charge in [0.2, 0.25) is 0 Å². The molecule has 16 heteroatoms. The Morgan fingerprint density at radius 1 is 0.768 bits per heavy atom. The Labute approximate surface area is 331 Å². The molecule has 3 rings (SSSR count). The zero-order valence-electron chi connectivity index (χ0n) is 36.1. The molecule has 0 bridgehead atoms. The fourth-order valence-corrected chi connectivity index (χ4v) is 5.94. The molecule has 0 radical (unpaired) electrons. The van der Waals surface area contributed by atoms with Gasteiger partial charge in [0.05, 0.1) is 5.54 Å². The summed E-state index contributed by atoms with van der Waals surface area (Å²) in [5.74, 6) is -5.54. The molecule has 5 atom stereocenters. The molecule has 2 N–H and O–H groups in total. The lowest BCUT2D eigenvalue weighted by Crippen LogP contribution is -2.59. The molecule has 0 aromatic heterocycles. The molecule has 1 fully saturated rings. The van der Waals surface area contributed by atoms with Crippen molar-refractivity contribution in [2.45, 2.75) is 118 Å². The molecule has 2 aromatic rings. The van der Waals surface area contributed by atoms with Crippen LogP contribution < -0.4 is 15.4 Å². The van der Waals surface area contributed by atoms with E-state index in [9.17, 15) is 33.6 Å². The fraction of sp³-hybridized carbons (Fsp3) is 0.525. The third-order valence-corrected chi connectivity index (χ3v) is 8.31. The van der Waals surface area contributed by atoms with Crippen LogP contribution in [0.3, 0.4) is 0 Å². The predicted molar refractivity (Wildman–Crippen MR) is 198 cm³/mol. The number of carbonyl (C=O) groups is 7. The van der Waals surface area contributed by atoms with Crippen molar-refractivity contribution in [1.29, 1.82) is 0 Å². The van der Waals surface area contributed by atoms with Gasteiger partial charge in [0, 0.05) is 59.0 Å². The van der Waals surface area contributed by atoms with Crippen molar-refractivity contribution >= 4 is 41.8 Å². The first-order chi connectivity index (χ1) is 28.4. The summed E-state index contributed by atoms with van der Waals surface area (Å²) in [6.07, 6.45) is -6.45. The van der Waals surface area contributed by atoms with Gasteiger partial charge in [0.1, 0.15) is 31.2 Å². The molecule has 0 aliphatic carbocycles. The van der Waals surface area contributed by atoms with E-state index in [0.717, 1.165) is 18.1 Å². The number of carbonyl (C=O) groups excluding carboxylic acids is 7. The van der Waals surface area contributed by atoms with Crippen LogP contribution in [-0.4, -0.2) is 91.6 Å². The average molecular weight is 789 g/mol. The van der Waals surface area contributed by atoms with E-state index in [4.69, 9.17) is 38.6 Å². The maximum atomic E-state index is 12.7. The molecule has 2 aromatic carbocycles. The maximum Gasteiger partial charge on any atom is 0.315 e. The Morgan fingerprint density at radius 2 is 1.38 bits per heavy atom. The number of nitrogens with one attached hydrogen (secondary N) is 2. The second-order valence-corrected chi connectivity index (χ2v) is 13.7. The van der Waals surface area contributed by atoms with Gasteiger partial charge in [0.15, 0.2) is 18.3 Å². The highest BCUT2D eigenvalue weighted by Gasteiger charge is 2.53. The zero-order valence-corrected chi connectivity index (χ0v) is 32.1. The maximum absolute atomic E-state index is 12.7. The van der Waals surface area contributed by atoms with Gasteiger partial charge in [-0.15, -0.1) is 0 Å². The highest BCUT2D eigenvalue weighted by Crippen LogP contribution is 2.42. The van der Waals surface area contributed by atoms with Gasteiger partial charge in [0.25, 0.3) is 0 Å². The molecule has 16 nitrogen and oxygen atoms in total. The summed E-state index contributed by atoms with van der Waals surface area (Å²) in [5, 5.41) is 5.57. The first-order valence-electron chi connectivity index (χ1n) is 20.4. The Morgan fingerprint density at radius 3 is 1.98 bits per heavy atom. The molecule has 1 aliphatic rings. The summed E-state index contributed by atoms with van der Waals surface area (Å²) >= 11 is 0. The molecule has 1 aliphatic heterocycles. The van der Waals surface area contributed by atoms with Gasteiger partial charge in [-0.05, 0) is 74.4 Å². The van der Waals surface area contributed by atoms with Gasteiger partial charge < -0.3 is 43.8 Å². The van der Waals surface area contributed by atoms with E-state index in [1.807, 2.05) is 24.3 Å². The van der Waals surface area contributed by atoms with Gasteiger partial charge in [-0.1, -0.05) is 24.3 Å². The van der Waals surface area contributed by atoms with Crippen LogP contribution in [0.1, 0.15) is 101 Å². The summed E-state index contributed by atoms with van der Waals surface area (Å²) < 4.78 is 68.6. The smallest absolute Gasteiger partial charge is 0.315 e. The van der Waals surface area contributed by atoms with Crippen molar-refractivity contribution in [3.63, 3.8) is 0 Å². The lowest BCUT2D eigenvalue weighted by Gasteiger charge is -2.44. The Hall–Kier alpha value is -5.51. The Bertz CT molecular complexity index is 1840. The first kappa shape index (κ1) is 38.8. The van der Waals surface area contributed by atoms with Gasteiger partial charge in [-0.25, -0.2) is 4.79 Å². The summed E-state index contributed by atoms with van der Waals surface area (Å²) in [6.45, 7) is 4.00. The van der Waals surface area contributed by atoms with E-state index in [1.54, 1.807) is 32.9 Å². The van der Waals surface area contributed by atoms with Crippen molar-refractivity contribution < 1.29 is 72.2 Å². The standard InChI is InChI=1S/C40H52N2O14/c1-22-17-33(52-25(4)45)32(35-37(54-27(6)47)38(55-28(7)48)36(53-26(5)46)34(56-35)20-50-23(2)43)19-31(22)18-30-14-12-29(13-15-30)11-10-16-41-39(49)42-40(8,9)21-51-24(3)44/h12-15,17,19,34-38H,10-11,16,18,20-21H2,1-9H3,(H2,41,42,49)/t34-,35+,36-,37+,38+/m1/s1/i2D,5D,6D,7D. The minimum Gasteiger partial charge on any atom is -0.463 e. The second-order valence-electron chi connectivity index (χ2n) is 13.7. The molecule has 0 saturated carbocycles. The summed E-state index contributed by atoms with van der Waals surface area (Å²) in [4.78, 5) is 85.8.